The Balaban J connectivity index is 1.41. The van der Waals surface area contributed by atoms with Crippen molar-refractivity contribution >= 4 is 70.1 Å². The highest BCUT2D eigenvalue weighted by molar-refractivity contribution is 8.00. The second-order valence-corrected chi connectivity index (χ2v) is 10.8. The molecule has 12 heteroatoms. The smallest absolute Gasteiger partial charge is 0.325 e. The van der Waals surface area contributed by atoms with Crippen LogP contribution in [0.25, 0.3) is 6.08 Å². The summed E-state index contributed by atoms with van der Waals surface area (Å²) < 4.78 is 39.9. The van der Waals surface area contributed by atoms with Crippen LogP contribution in [0, 0.1) is 0 Å². The number of halogens is 5. The van der Waals surface area contributed by atoms with Crippen molar-refractivity contribution in [1.29, 1.82) is 0 Å². The van der Waals surface area contributed by atoms with Crippen molar-refractivity contribution in [2.45, 2.75) is 11.1 Å². The van der Waals surface area contributed by atoms with Gasteiger partial charge in [-0.05, 0) is 72.3 Å². The highest BCUT2D eigenvalue weighted by Crippen LogP contribution is 2.36. The van der Waals surface area contributed by atoms with Gasteiger partial charge in [-0.2, -0.15) is 13.2 Å². The van der Waals surface area contributed by atoms with Gasteiger partial charge >= 0.3 is 6.18 Å². The molecule has 3 N–H and O–H groups in total. The fraction of sp³-hybridized carbons (Fsp3) is 0.0645. The van der Waals surface area contributed by atoms with Gasteiger partial charge in [-0.25, -0.2) is 0 Å². The molecule has 0 heterocycles. The molecule has 220 valence electrons. The first-order valence-electron chi connectivity index (χ1n) is 12.5. The Morgan fingerprint density at radius 2 is 1.49 bits per heavy atom. The van der Waals surface area contributed by atoms with Crippen LogP contribution in [0.3, 0.4) is 0 Å². The van der Waals surface area contributed by atoms with E-state index in [1.807, 2.05) is 0 Å². The minimum Gasteiger partial charge on any atom is -0.325 e. The standard InChI is InChI=1S/C31H22Cl2F3N3O3S/c32-21-10-15-26(24(17-21)31(34,35)36)38-28(40)18-43-23-13-11-22(12-14-23)37-30(42)27(16-20-8-4-5-9-25(20)33)39-29(41)19-6-2-1-3-7-19/h1-17H,18H2,(H,37,42)(H,38,40)(H,39,41)/b27-16-. The van der Waals surface area contributed by atoms with Crippen LogP contribution in [0.15, 0.2) is 108 Å². The summed E-state index contributed by atoms with van der Waals surface area (Å²) in [7, 11) is 0. The lowest BCUT2D eigenvalue weighted by Crippen LogP contribution is -2.30. The van der Waals surface area contributed by atoms with Crippen molar-refractivity contribution in [1.82, 2.24) is 5.32 Å². The molecule has 0 saturated carbocycles. The van der Waals surface area contributed by atoms with Gasteiger partial charge in [-0.1, -0.05) is 59.6 Å². The summed E-state index contributed by atoms with van der Waals surface area (Å²) in [6, 6.07) is 24.8. The van der Waals surface area contributed by atoms with Gasteiger partial charge in [0.1, 0.15) is 5.70 Å². The molecule has 0 aliphatic rings. The van der Waals surface area contributed by atoms with E-state index >= 15 is 0 Å². The molecule has 0 fully saturated rings. The van der Waals surface area contributed by atoms with Crippen molar-refractivity contribution in [3.8, 4) is 0 Å². The Morgan fingerprint density at radius 3 is 2.16 bits per heavy atom. The zero-order valence-corrected chi connectivity index (χ0v) is 24.4. The number of nitrogens with one attached hydrogen (secondary N) is 3. The summed E-state index contributed by atoms with van der Waals surface area (Å²) in [6.07, 6.45) is -3.22. The maximum absolute atomic E-state index is 13.3. The maximum atomic E-state index is 13.3. The Kier molecular flexibility index (Phi) is 10.5. The monoisotopic (exact) mass is 643 g/mol. The van der Waals surface area contributed by atoms with Gasteiger partial charge in [0.05, 0.1) is 17.0 Å². The summed E-state index contributed by atoms with van der Waals surface area (Å²) in [5, 5.41) is 7.91. The van der Waals surface area contributed by atoms with Gasteiger partial charge in [0, 0.05) is 26.2 Å². The average Bonchev–Trinajstić information content (AvgIpc) is 2.98. The van der Waals surface area contributed by atoms with E-state index in [4.69, 9.17) is 23.2 Å². The fourth-order valence-corrected chi connectivity index (χ4v) is 4.78. The quantitative estimate of drug-likeness (QED) is 0.127. The first-order chi connectivity index (χ1) is 20.5. The van der Waals surface area contributed by atoms with E-state index in [1.54, 1.807) is 78.9 Å². The third-order valence-corrected chi connectivity index (χ3v) is 7.37. The lowest BCUT2D eigenvalue weighted by atomic mass is 10.1. The topological polar surface area (TPSA) is 87.3 Å². The average molecular weight is 645 g/mol. The predicted octanol–water partition coefficient (Wildman–Crippen LogP) is 8.15. The zero-order valence-electron chi connectivity index (χ0n) is 22.0. The number of anilines is 2. The molecular weight excluding hydrogens is 622 g/mol. The second-order valence-electron chi connectivity index (χ2n) is 8.90. The van der Waals surface area contributed by atoms with Gasteiger partial charge in [-0.3, -0.25) is 14.4 Å². The highest BCUT2D eigenvalue weighted by atomic mass is 35.5. The Hall–Kier alpha value is -4.25. The van der Waals surface area contributed by atoms with Crippen molar-refractivity contribution < 1.29 is 27.6 Å². The molecule has 6 nitrogen and oxygen atoms in total. The largest absolute Gasteiger partial charge is 0.418 e. The summed E-state index contributed by atoms with van der Waals surface area (Å²) in [5.41, 5.74) is -0.196. The molecule has 43 heavy (non-hydrogen) atoms. The Morgan fingerprint density at radius 1 is 0.814 bits per heavy atom. The third kappa shape index (κ3) is 9.12. The normalized spacial score (nSPS) is 11.5. The molecule has 0 atom stereocenters. The summed E-state index contributed by atoms with van der Waals surface area (Å²) in [6.45, 7) is 0. The van der Waals surface area contributed by atoms with Crippen LogP contribution in [0.4, 0.5) is 24.5 Å². The fourth-order valence-electron chi connectivity index (χ4n) is 3.72. The third-order valence-electron chi connectivity index (χ3n) is 5.78. The Bertz CT molecular complexity index is 1660. The molecule has 0 spiro atoms. The molecular formula is C31H22Cl2F3N3O3S. The van der Waals surface area contributed by atoms with E-state index in [0.717, 1.165) is 23.9 Å². The molecule has 3 amide bonds. The van der Waals surface area contributed by atoms with Crippen LogP contribution in [-0.2, 0) is 15.8 Å². The van der Waals surface area contributed by atoms with Gasteiger partial charge in [0.2, 0.25) is 5.91 Å². The van der Waals surface area contributed by atoms with Gasteiger partial charge in [0.25, 0.3) is 11.8 Å². The molecule has 0 aliphatic carbocycles. The molecule has 4 aromatic rings. The molecule has 0 aliphatic heterocycles. The van der Waals surface area contributed by atoms with Crippen molar-refractivity contribution in [2.24, 2.45) is 0 Å². The van der Waals surface area contributed by atoms with Crippen LogP contribution in [0.5, 0.6) is 0 Å². The van der Waals surface area contributed by atoms with Gasteiger partial charge < -0.3 is 16.0 Å². The maximum Gasteiger partial charge on any atom is 0.418 e. The summed E-state index contributed by atoms with van der Waals surface area (Å²) in [5.74, 6) is -1.90. The van der Waals surface area contributed by atoms with Crippen LogP contribution in [0.1, 0.15) is 21.5 Å². The molecule has 0 radical (unpaired) electrons. The van der Waals surface area contributed by atoms with Crippen molar-refractivity contribution in [3.05, 3.63) is 129 Å². The molecule has 0 aromatic heterocycles. The lowest BCUT2D eigenvalue weighted by molar-refractivity contribution is -0.137. The SMILES string of the molecule is O=C(CSc1ccc(NC(=O)/C(=C/c2ccccc2Cl)NC(=O)c2ccccc2)cc1)Nc1ccc(Cl)cc1C(F)(F)F. The predicted molar refractivity (Wildman–Crippen MR) is 164 cm³/mol. The molecule has 0 unspecified atom stereocenters. The van der Waals surface area contributed by atoms with E-state index in [1.165, 1.54) is 12.1 Å². The number of carbonyl (C=O) groups excluding carboxylic acids is 3. The number of hydrogen-bond acceptors (Lipinski definition) is 4. The van der Waals surface area contributed by atoms with Crippen molar-refractivity contribution in [2.75, 3.05) is 16.4 Å². The first-order valence-corrected chi connectivity index (χ1v) is 14.3. The molecule has 0 bridgehead atoms. The summed E-state index contributed by atoms with van der Waals surface area (Å²) in [4.78, 5) is 39.0. The molecule has 0 saturated heterocycles. The van der Waals surface area contributed by atoms with Gasteiger partial charge in [0.15, 0.2) is 0 Å². The lowest BCUT2D eigenvalue weighted by Gasteiger charge is -2.14. The summed E-state index contributed by atoms with van der Waals surface area (Å²) >= 11 is 13.0. The van der Waals surface area contributed by atoms with E-state index < -0.39 is 29.5 Å². The number of alkyl halides is 3. The van der Waals surface area contributed by atoms with Crippen LogP contribution < -0.4 is 16.0 Å². The van der Waals surface area contributed by atoms with Crippen LogP contribution >= 0.6 is 35.0 Å². The van der Waals surface area contributed by atoms with E-state index in [9.17, 15) is 27.6 Å². The molecule has 4 rings (SSSR count). The van der Waals surface area contributed by atoms with Gasteiger partial charge in [-0.15, -0.1) is 11.8 Å². The van der Waals surface area contributed by atoms with Crippen LogP contribution in [-0.4, -0.2) is 23.5 Å². The number of thioether (sulfide) groups is 1. The second kappa shape index (κ2) is 14.3. The van der Waals surface area contributed by atoms with E-state index in [-0.39, 0.29) is 22.2 Å². The first kappa shape index (κ1) is 31.7. The minimum absolute atomic E-state index is 0.0440. The number of rotatable bonds is 9. The number of benzene rings is 4. The van der Waals surface area contributed by atoms with E-state index in [2.05, 4.69) is 16.0 Å². The number of hydrogen-bond donors (Lipinski definition) is 3. The van der Waals surface area contributed by atoms with E-state index in [0.29, 0.717) is 26.7 Å². The van der Waals surface area contributed by atoms with Crippen molar-refractivity contribution in [3.63, 3.8) is 0 Å². The minimum atomic E-state index is -4.69. The Labute approximate surface area is 259 Å². The number of amides is 3. The molecule has 4 aromatic carbocycles. The zero-order chi connectivity index (χ0) is 31.0. The number of carbonyl (C=O) groups is 3. The highest BCUT2D eigenvalue weighted by Gasteiger charge is 2.34. The van der Waals surface area contributed by atoms with Crippen LogP contribution in [0.2, 0.25) is 10.0 Å².